The van der Waals surface area contributed by atoms with Crippen molar-refractivity contribution in [1.82, 2.24) is 0 Å². The number of Topliss-reactive ketones (excluding diaryl/α,β-unsaturated/α-hetero) is 1. The highest BCUT2D eigenvalue weighted by Crippen LogP contribution is 2.05. The van der Waals surface area contributed by atoms with Gasteiger partial charge in [0.25, 0.3) is 6.10 Å². The van der Waals surface area contributed by atoms with E-state index in [9.17, 15) is 14.4 Å². The van der Waals surface area contributed by atoms with Gasteiger partial charge in [-0.15, -0.1) is 0 Å². The molecular formula is C14H16BO6. The molecule has 1 aromatic carbocycles. The van der Waals surface area contributed by atoms with Gasteiger partial charge in [-0.2, -0.15) is 0 Å². The summed E-state index contributed by atoms with van der Waals surface area (Å²) in [6, 6.07) is 8.96. The average Bonchev–Trinajstić information content (AvgIpc) is 2.43. The highest BCUT2D eigenvalue weighted by Gasteiger charge is 2.29. The summed E-state index contributed by atoms with van der Waals surface area (Å²) in [5.74, 6) is -2.30. The molecule has 0 amide bonds. The Bertz CT molecular complexity index is 474. The Hall–Kier alpha value is -2.15. The third-order valence-electron chi connectivity index (χ3n) is 2.32. The van der Waals surface area contributed by atoms with E-state index >= 15 is 0 Å². The van der Waals surface area contributed by atoms with Crippen molar-refractivity contribution in [3.63, 3.8) is 0 Å². The summed E-state index contributed by atoms with van der Waals surface area (Å²) in [5, 5.41) is 0. The fourth-order valence-electron chi connectivity index (χ4n) is 1.38. The van der Waals surface area contributed by atoms with Gasteiger partial charge in [-0.3, -0.25) is 4.79 Å². The summed E-state index contributed by atoms with van der Waals surface area (Å²) in [6.45, 7) is 0.815. The second-order valence-electron chi connectivity index (χ2n) is 4.01. The summed E-state index contributed by atoms with van der Waals surface area (Å²) in [4.78, 5) is 34.3. The second-order valence-corrected chi connectivity index (χ2v) is 4.01. The van der Waals surface area contributed by atoms with E-state index in [1.54, 1.807) is 24.3 Å². The number of ether oxygens (including phenoxy) is 3. The van der Waals surface area contributed by atoms with Gasteiger partial charge >= 0.3 is 11.9 Å². The van der Waals surface area contributed by atoms with E-state index in [2.05, 4.69) is 4.74 Å². The molecule has 1 rings (SSSR count). The van der Waals surface area contributed by atoms with Gasteiger partial charge in [0, 0.05) is 15.5 Å². The number of esters is 2. The standard InChI is InChI=1S/C14H16O6.B/c1-10(15)13(20-12(16)9-18-2)14(17)19-8-11-6-4-3-5-7-11;/h3-7,13H,8-9H2,1-2H3;. The molecule has 0 aliphatic heterocycles. The molecular weight excluding hydrogens is 275 g/mol. The van der Waals surface area contributed by atoms with Gasteiger partial charge in [-0.1, -0.05) is 30.3 Å². The molecule has 0 aromatic heterocycles. The molecule has 3 radical (unpaired) electrons. The Morgan fingerprint density at radius 3 is 2.29 bits per heavy atom. The molecule has 21 heavy (non-hydrogen) atoms. The van der Waals surface area contributed by atoms with Crippen molar-refractivity contribution in [2.75, 3.05) is 13.7 Å². The molecule has 1 unspecified atom stereocenters. The molecule has 1 aromatic rings. The minimum atomic E-state index is -1.55. The summed E-state index contributed by atoms with van der Waals surface area (Å²) in [6.07, 6.45) is -1.55. The number of rotatable bonds is 7. The van der Waals surface area contributed by atoms with Gasteiger partial charge < -0.3 is 14.2 Å². The first-order valence-electron chi connectivity index (χ1n) is 5.94. The molecule has 0 aliphatic carbocycles. The van der Waals surface area contributed by atoms with Crippen LogP contribution >= 0.6 is 0 Å². The Morgan fingerprint density at radius 1 is 1.14 bits per heavy atom. The molecule has 1 atom stereocenters. The van der Waals surface area contributed by atoms with Gasteiger partial charge in [0.15, 0.2) is 5.78 Å². The first-order chi connectivity index (χ1) is 9.54. The van der Waals surface area contributed by atoms with E-state index in [4.69, 9.17) is 9.47 Å². The van der Waals surface area contributed by atoms with E-state index in [0.29, 0.717) is 0 Å². The van der Waals surface area contributed by atoms with Gasteiger partial charge in [0.1, 0.15) is 13.2 Å². The first kappa shape index (κ1) is 18.9. The van der Waals surface area contributed by atoms with Crippen LogP contribution in [0.3, 0.4) is 0 Å². The van der Waals surface area contributed by atoms with Crippen LogP contribution in [0.5, 0.6) is 0 Å². The van der Waals surface area contributed by atoms with Crippen LogP contribution in [-0.2, 0) is 35.2 Å². The molecule has 6 nitrogen and oxygen atoms in total. The number of hydrogen-bond donors (Lipinski definition) is 0. The lowest BCUT2D eigenvalue weighted by molar-refractivity contribution is -0.173. The minimum absolute atomic E-state index is 0. The van der Waals surface area contributed by atoms with Crippen molar-refractivity contribution in [2.45, 2.75) is 19.6 Å². The lowest BCUT2D eigenvalue weighted by atomic mass is 10.2. The van der Waals surface area contributed by atoms with Crippen LogP contribution in [0.15, 0.2) is 30.3 Å². The van der Waals surface area contributed by atoms with E-state index < -0.39 is 23.8 Å². The molecule has 111 valence electrons. The van der Waals surface area contributed by atoms with Crippen LogP contribution in [0.1, 0.15) is 12.5 Å². The quantitative estimate of drug-likeness (QED) is 0.413. The zero-order valence-corrected chi connectivity index (χ0v) is 11.9. The highest BCUT2D eigenvalue weighted by atomic mass is 16.6. The van der Waals surface area contributed by atoms with Crippen LogP contribution in [0.25, 0.3) is 0 Å². The molecule has 0 spiro atoms. The SMILES string of the molecule is COCC(=O)OC(C(C)=O)C(=O)OCc1ccccc1.[B]. The van der Waals surface area contributed by atoms with E-state index in [1.165, 1.54) is 7.11 Å². The average molecular weight is 291 g/mol. The van der Waals surface area contributed by atoms with Gasteiger partial charge in [0.2, 0.25) is 0 Å². The summed E-state index contributed by atoms with van der Waals surface area (Å²) < 4.78 is 14.2. The number of hydrogen-bond acceptors (Lipinski definition) is 6. The number of benzene rings is 1. The predicted molar refractivity (Wildman–Crippen MR) is 74.4 cm³/mol. The van der Waals surface area contributed by atoms with Gasteiger partial charge in [-0.05, 0) is 12.5 Å². The normalized spacial score (nSPS) is 11.0. The molecule has 0 heterocycles. The maximum Gasteiger partial charge on any atom is 0.355 e. The second kappa shape index (κ2) is 9.71. The molecule has 0 saturated heterocycles. The molecule has 7 heteroatoms. The van der Waals surface area contributed by atoms with Gasteiger partial charge in [0.05, 0.1) is 0 Å². The lowest BCUT2D eigenvalue weighted by Gasteiger charge is -2.14. The zero-order valence-electron chi connectivity index (χ0n) is 11.9. The Balaban J connectivity index is 0.00000400. The van der Waals surface area contributed by atoms with E-state index in [1.807, 2.05) is 6.07 Å². The highest BCUT2D eigenvalue weighted by molar-refractivity contribution is 6.02. The van der Waals surface area contributed by atoms with Crippen molar-refractivity contribution in [2.24, 2.45) is 0 Å². The lowest BCUT2D eigenvalue weighted by Crippen LogP contribution is -2.36. The topological polar surface area (TPSA) is 78.9 Å². The van der Waals surface area contributed by atoms with Crippen molar-refractivity contribution < 1.29 is 28.6 Å². The third kappa shape index (κ3) is 6.71. The van der Waals surface area contributed by atoms with Crippen molar-refractivity contribution in [3.05, 3.63) is 35.9 Å². The zero-order chi connectivity index (χ0) is 15.0. The van der Waals surface area contributed by atoms with Crippen LogP contribution in [0, 0.1) is 0 Å². The smallest absolute Gasteiger partial charge is 0.355 e. The largest absolute Gasteiger partial charge is 0.458 e. The minimum Gasteiger partial charge on any atom is -0.458 e. The number of carbonyl (C=O) groups is 3. The molecule has 0 bridgehead atoms. The number of ketones is 1. The van der Waals surface area contributed by atoms with Crippen molar-refractivity contribution in [1.29, 1.82) is 0 Å². The monoisotopic (exact) mass is 291 g/mol. The number of carbonyl (C=O) groups excluding carboxylic acids is 3. The van der Waals surface area contributed by atoms with Crippen molar-refractivity contribution in [3.8, 4) is 0 Å². The summed E-state index contributed by atoms with van der Waals surface area (Å²) >= 11 is 0. The van der Waals surface area contributed by atoms with Gasteiger partial charge in [-0.25, -0.2) is 9.59 Å². The Morgan fingerprint density at radius 2 is 1.76 bits per heavy atom. The van der Waals surface area contributed by atoms with Crippen LogP contribution in [0.4, 0.5) is 0 Å². The van der Waals surface area contributed by atoms with Crippen LogP contribution in [0.2, 0.25) is 0 Å². The molecule has 0 saturated carbocycles. The maximum absolute atomic E-state index is 11.7. The first-order valence-corrected chi connectivity index (χ1v) is 5.94. The summed E-state index contributed by atoms with van der Waals surface area (Å²) in [5.41, 5.74) is 0.770. The third-order valence-corrected chi connectivity index (χ3v) is 2.32. The molecule has 0 aliphatic rings. The number of methoxy groups -OCH3 is 1. The fourth-order valence-corrected chi connectivity index (χ4v) is 1.38. The van der Waals surface area contributed by atoms with E-state index in [0.717, 1.165) is 12.5 Å². The maximum atomic E-state index is 11.7. The fraction of sp³-hybridized carbons (Fsp3) is 0.357. The molecule has 0 N–H and O–H groups in total. The Kier molecular flexibility index (Phi) is 8.72. The summed E-state index contributed by atoms with van der Waals surface area (Å²) in [7, 11) is 1.30. The van der Waals surface area contributed by atoms with E-state index in [-0.39, 0.29) is 21.6 Å². The predicted octanol–water partition coefficient (Wildman–Crippen LogP) is 0.496. The van der Waals surface area contributed by atoms with Crippen LogP contribution in [-0.4, -0.2) is 46.0 Å². The Labute approximate surface area is 124 Å². The molecule has 0 fully saturated rings. The van der Waals surface area contributed by atoms with Crippen molar-refractivity contribution >= 4 is 26.1 Å². The van der Waals surface area contributed by atoms with Crippen LogP contribution < -0.4 is 0 Å².